The third-order valence-electron chi connectivity index (χ3n) is 12.2. The molecular formula is C41H70N2O5. The van der Waals surface area contributed by atoms with Crippen LogP contribution in [0.15, 0.2) is 6.07 Å². The molecule has 48 heavy (non-hydrogen) atoms. The summed E-state index contributed by atoms with van der Waals surface area (Å²) in [6.07, 6.45) is 4.73. The van der Waals surface area contributed by atoms with Crippen LogP contribution >= 0.6 is 0 Å². The van der Waals surface area contributed by atoms with Crippen molar-refractivity contribution in [2.75, 3.05) is 14.1 Å². The van der Waals surface area contributed by atoms with Crippen LogP contribution in [0.3, 0.4) is 0 Å². The minimum Gasteiger partial charge on any atom is -0.507 e. The Bertz CT molecular complexity index is 1290. The molecule has 1 aromatic rings. The Morgan fingerprint density at radius 1 is 0.812 bits per heavy atom. The van der Waals surface area contributed by atoms with E-state index < -0.39 is 52.0 Å². The Labute approximate surface area is 293 Å². The summed E-state index contributed by atoms with van der Waals surface area (Å²) in [6, 6.07) is 1.91. The number of piperidine rings is 2. The summed E-state index contributed by atoms with van der Waals surface area (Å²) in [4.78, 5) is 34.2. The molecule has 2 heterocycles. The van der Waals surface area contributed by atoms with E-state index >= 15 is 0 Å². The lowest BCUT2D eigenvalue weighted by Crippen LogP contribution is -2.64. The topological polar surface area (TPSA) is 79.3 Å². The van der Waals surface area contributed by atoms with Crippen molar-refractivity contribution in [1.82, 2.24) is 9.80 Å². The molecule has 1 aromatic carbocycles. The molecule has 7 heteroatoms. The number of likely N-dealkylation sites (N-methyl/N-ethyl adjacent to an activating group) is 2. The van der Waals surface area contributed by atoms with Crippen LogP contribution in [0.4, 0.5) is 0 Å². The molecule has 0 amide bonds. The van der Waals surface area contributed by atoms with E-state index in [1.54, 1.807) is 0 Å². The molecule has 0 aliphatic carbocycles. The molecule has 0 saturated carbocycles. The van der Waals surface area contributed by atoms with E-state index in [4.69, 9.17) is 9.47 Å². The summed E-state index contributed by atoms with van der Waals surface area (Å²) in [5.74, 6) is -2.18. The molecule has 2 unspecified atom stereocenters. The highest BCUT2D eigenvalue weighted by Crippen LogP contribution is 2.47. The van der Waals surface area contributed by atoms with E-state index in [0.717, 1.165) is 36.8 Å². The van der Waals surface area contributed by atoms with E-state index in [1.807, 2.05) is 6.07 Å². The van der Waals surface area contributed by atoms with Gasteiger partial charge in [0.25, 0.3) is 0 Å². The van der Waals surface area contributed by atoms with Gasteiger partial charge in [0.2, 0.25) is 0 Å². The van der Waals surface area contributed by atoms with Crippen molar-refractivity contribution in [1.29, 1.82) is 0 Å². The number of aromatic hydroxyl groups is 1. The molecule has 2 aliphatic heterocycles. The van der Waals surface area contributed by atoms with Gasteiger partial charge < -0.3 is 14.6 Å². The van der Waals surface area contributed by atoms with Crippen molar-refractivity contribution in [3.8, 4) is 5.75 Å². The number of unbranched alkanes of at least 4 members (excludes halogenated alkanes) is 1. The van der Waals surface area contributed by atoms with Crippen LogP contribution in [0.5, 0.6) is 5.75 Å². The molecule has 274 valence electrons. The molecule has 7 nitrogen and oxygen atoms in total. The summed E-state index contributed by atoms with van der Waals surface area (Å²) in [7, 11) is 4.17. The number of rotatable bonds is 8. The normalized spacial score (nSPS) is 24.9. The number of benzene rings is 1. The number of phenolic OH excluding ortho intramolecular Hbond substituents is 1. The number of ether oxygens (including phenoxy) is 2. The molecule has 0 aromatic heterocycles. The smallest absolute Gasteiger partial charge is 0.325 e. The van der Waals surface area contributed by atoms with Crippen LogP contribution in [-0.4, -0.2) is 75.3 Å². The molecule has 2 aliphatic rings. The van der Waals surface area contributed by atoms with E-state index in [2.05, 4.69) is 128 Å². The minimum absolute atomic E-state index is 0.0510. The van der Waals surface area contributed by atoms with E-state index in [0.29, 0.717) is 30.4 Å². The zero-order valence-corrected chi connectivity index (χ0v) is 33.7. The van der Waals surface area contributed by atoms with Crippen LogP contribution in [0, 0.1) is 0 Å². The first kappa shape index (κ1) is 40.3. The maximum absolute atomic E-state index is 14.8. The predicted octanol–water partition coefficient (Wildman–Crippen LogP) is 8.80. The molecule has 2 saturated heterocycles. The fraction of sp³-hybridized carbons (Fsp3) is 0.805. The fourth-order valence-corrected chi connectivity index (χ4v) is 8.17. The van der Waals surface area contributed by atoms with Gasteiger partial charge in [0.1, 0.15) is 18.0 Å². The highest BCUT2D eigenvalue weighted by molar-refractivity contribution is 6.01. The first-order valence-electron chi connectivity index (χ1n) is 18.4. The summed E-state index contributed by atoms with van der Waals surface area (Å²) >= 11 is 0. The Hall–Kier alpha value is -2.12. The van der Waals surface area contributed by atoms with Crippen LogP contribution in [0.2, 0.25) is 0 Å². The minimum atomic E-state index is -1.29. The zero-order chi connectivity index (χ0) is 37.0. The van der Waals surface area contributed by atoms with Crippen molar-refractivity contribution in [3.05, 3.63) is 28.3 Å². The molecule has 0 spiro atoms. The Kier molecular flexibility index (Phi) is 11.4. The SMILES string of the molecule is CCCCc1c(C(C(=O)OC2CCC(C)(C)N(C)C2(C)C)C(=O)OC2CCC(C)(C)N(C)C2(C)C)cc(C(C)(C)C)c(O)c1C(C)(C)C. The average Bonchev–Trinajstić information content (AvgIpc) is 2.93. The quantitative estimate of drug-likeness (QED) is 0.219. The van der Waals surface area contributed by atoms with Gasteiger partial charge in [0.05, 0.1) is 11.1 Å². The molecule has 0 radical (unpaired) electrons. The summed E-state index contributed by atoms with van der Waals surface area (Å²) in [6.45, 7) is 31.9. The Balaban J connectivity index is 2.28. The van der Waals surface area contributed by atoms with Gasteiger partial charge in [-0.2, -0.15) is 0 Å². The molecular weight excluding hydrogens is 600 g/mol. The third-order valence-corrected chi connectivity index (χ3v) is 12.2. The summed E-state index contributed by atoms with van der Waals surface area (Å²) in [5.41, 5.74) is 1.09. The maximum atomic E-state index is 14.8. The van der Waals surface area contributed by atoms with Crippen molar-refractivity contribution < 1.29 is 24.2 Å². The second-order valence-corrected chi connectivity index (χ2v) is 19.2. The number of esters is 2. The monoisotopic (exact) mass is 671 g/mol. The van der Waals surface area contributed by atoms with E-state index in [1.165, 1.54) is 0 Å². The lowest BCUT2D eigenvalue weighted by Gasteiger charge is -2.54. The van der Waals surface area contributed by atoms with Crippen LogP contribution in [0.25, 0.3) is 0 Å². The van der Waals surface area contributed by atoms with Gasteiger partial charge in [0, 0.05) is 16.6 Å². The average molecular weight is 671 g/mol. The van der Waals surface area contributed by atoms with Crippen LogP contribution < -0.4 is 0 Å². The number of likely N-dealkylation sites (tertiary alicyclic amines) is 2. The predicted molar refractivity (Wildman–Crippen MR) is 197 cm³/mol. The fourth-order valence-electron chi connectivity index (χ4n) is 8.17. The number of hydrogen-bond donors (Lipinski definition) is 1. The van der Waals surface area contributed by atoms with Crippen LogP contribution in [0.1, 0.15) is 171 Å². The zero-order valence-electron chi connectivity index (χ0n) is 33.7. The number of nitrogens with zero attached hydrogens (tertiary/aromatic N) is 2. The van der Waals surface area contributed by atoms with Gasteiger partial charge in [-0.05, 0) is 142 Å². The number of phenols is 1. The van der Waals surface area contributed by atoms with E-state index in [9.17, 15) is 14.7 Å². The summed E-state index contributed by atoms with van der Waals surface area (Å²) in [5, 5.41) is 11.9. The van der Waals surface area contributed by atoms with Gasteiger partial charge in [-0.25, -0.2) is 0 Å². The van der Waals surface area contributed by atoms with Crippen molar-refractivity contribution in [3.63, 3.8) is 0 Å². The lowest BCUT2D eigenvalue weighted by atomic mass is 9.73. The van der Waals surface area contributed by atoms with Gasteiger partial charge in [-0.1, -0.05) is 54.9 Å². The standard InChI is InChI=1S/C41H70N2O5/c1-18-19-20-26-27(25-28(36(2,3)4)33(44)32(26)37(5,6)7)31(34(45)47-29-21-23-38(8,9)42(16)40(29,12)13)35(46)48-30-22-24-39(10,11)43(17)41(30,14)15/h25,29-31,44H,18-24H2,1-17H3. The Morgan fingerprint density at radius 2 is 1.23 bits per heavy atom. The van der Waals surface area contributed by atoms with Crippen LogP contribution in [-0.2, 0) is 36.3 Å². The lowest BCUT2D eigenvalue weighted by molar-refractivity contribution is -0.181. The van der Waals surface area contributed by atoms with E-state index in [-0.39, 0.29) is 16.8 Å². The molecule has 2 atom stereocenters. The van der Waals surface area contributed by atoms with Crippen molar-refractivity contribution >= 4 is 11.9 Å². The van der Waals surface area contributed by atoms with Gasteiger partial charge in [0.15, 0.2) is 5.92 Å². The second-order valence-electron chi connectivity index (χ2n) is 19.2. The van der Waals surface area contributed by atoms with Gasteiger partial charge in [-0.15, -0.1) is 0 Å². The molecule has 2 fully saturated rings. The number of carbonyl (C=O) groups excluding carboxylic acids is 2. The largest absolute Gasteiger partial charge is 0.507 e. The Morgan fingerprint density at radius 3 is 1.58 bits per heavy atom. The van der Waals surface area contributed by atoms with Crippen molar-refractivity contribution in [2.45, 2.75) is 200 Å². The summed E-state index contributed by atoms with van der Waals surface area (Å²) < 4.78 is 13.0. The number of carbonyl (C=O) groups is 2. The first-order valence-corrected chi connectivity index (χ1v) is 18.4. The molecule has 1 N–H and O–H groups in total. The van der Waals surface area contributed by atoms with Gasteiger partial charge >= 0.3 is 11.9 Å². The third kappa shape index (κ3) is 7.77. The molecule has 0 bridgehead atoms. The van der Waals surface area contributed by atoms with Gasteiger partial charge in [-0.3, -0.25) is 19.4 Å². The maximum Gasteiger partial charge on any atom is 0.325 e. The highest BCUT2D eigenvalue weighted by atomic mass is 16.6. The first-order chi connectivity index (χ1) is 21.6. The molecule has 3 rings (SSSR count). The van der Waals surface area contributed by atoms with Crippen molar-refractivity contribution in [2.24, 2.45) is 0 Å². The highest BCUT2D eigenvalue weighted by Gasteiger charge is 2.51. The second kappa shape index (κ2) is 13.5. The number of hydrogen-bond acceptors (Lipinski definition) is 7.